The highest BCUT2D eigenvalue weighted by molar-refractivity contribution is 5.43. The van der Waals surface area contributed by atoms with Crippen molar-refractivity contribution in [3.63, 3.8) is 0 Å². The number of nitrogens with one attached hydrogen (secondary N) is 1. The van der Waals surface area contributed by atoms with Gasteiger partial charge in [0.25, 0.3) is 0 Å². The van der Waals surface area contributed by atoms with Crippen molar-refractivity contribution in [3.8, 4) is 0 Å². The molecule has 2 unspecified atom stereocenters. The summed E-state index contributed by atoms with van der Waals surface area (Å²) in [5.41, 5.74) is 0.655. The quantitative estimate of drug-likeness (QED) is 0.849. The zero-order valence-corrected chi connectivity index (χ0v) is 9.86. The van der Waals surface area contributed by atoms with E-state index in [1.807, 2.05) is 12.1 Å². The molecule has 2 aromatic heterocycles. The molecule has 2 aliphatic rings. The van der Waals surface area contributed by atoms with Crippen LogP contribution in [0.1, 0.15) is 19.3 Å². The molecule has 7 nitrogen and oxygen atoms in total. The standard InChI is InChI=1S/C11H14N6O/c1-2-7(1)11-8(5-6-18-11)12-9-3-4-10-13-15-16-17(10)14-9/h3-4,7-8,11H,1-2,5-6H2,(H,12,14). The van der Waals surface area contributed by atoms with Crippen molar-refractivity contribution in [2.24, 2.45) is 5.92 Å². The van der Waals surface area contributed by atoms with E-state index in [9.17, 15) is 0 Å². The molecule has 0 bridgehead atoms. The molecule has 1 aliphatic heterocycles. The van der Waals surface area contributed by atoms with E-state index in [2.05, 4.69) is 25.9 Å². The van der Waals surface area contributed by atoms with Crippen LogP contribution < -0.4 is 5.32 Å². The molecule has 2 aromatic rings. The summed E-state index contributed by atoms with van der Waals surface area (Å²) < 4.78 is 7.23. The van der Waals surface area contributed by atoms with Crippen LogP contribution in [-0.4, -0.2) is 44.0 Å². The second-order valence-electron chi connectivity index (χ2n) is 4.96. The van der Waals surface area contributed by atoms with Crippen LogP contribution in [0, 0.1) is 5.92 Å². The third-order valence-electron chi connectivity index (χ3n) is 3.63. The minimum atomic E-state index is 0.344. The lowest BCUT2D eigenvalue weighted by atomic mass is 10.1. The first kappa shape index (κ1) is 10.2. The van der Waals surface area contributed by atoms with Gasteiger partial charge in [-0.25, -0.2) is 0 Å². The molecule has 1 N–H and O–H groups in total. The van der Waals surface area contributed by atoms with Gasteiger partial charge >= 0.3 is 0 Å². The fourth-order valence-corrected chi connectivity index (χ4v) is 2.57. The minimum absolute atomic E-state index is 0.344. The van der Waals surface area contributed by atoms with E-state index >= 15 is 0 Å². The lowest BCUT2D eigenvalue weighted by Gasteiger charge is -2.19. The number of hydrogen-bond acceptors (Lipinski definition) is 6. The third kappa shape index (κ3) is 1.71. The Morgan fingerprint density at radius 3 is 3.11 bits per heavy atom. The topological polar surface area (TPSA) is 77.2 Å². The van der Waals surface area contributed by atoms with Gasteiger partial charge in [0.15, 0.2) is 5.65 Å². The first-order valence-electron chi connectivity index (χ1n) is 6.34. The van der Waals surface area contributed by atoms with Crippen LogP contribution in [0.4, 0.5) is 5.82 Å². The van der Waals surface area contributed by atoms with Gasteiger partial charge in [-0.05, 0) is 47.7 Å². The molecule has 18 heavy (non-hydrogen) atoms. The van der Waals surface area contributed by atoms with Crippen LogP contribution in [0.2, 0.25) is 0 Å². The summed E-state index contributed by atoms with van der Waals surface area (Å²) in [5.74, 6) is 1.54. The van der Waals surface area contributed by atoms with Crippen LogP contribution >= 0.6 is 0 Å². The molecule has 0 radical (unpaired) electrons. The van der Waals surface area contributed by atoms with Gasteiger partial charge in [0, 0.05) is 6.61 Å². The zero-order chi connectivity index (χ0) is 11.9. The number of aromatic nitrogens is 5. The van der Waals surface area contributed by atoms with Gasteiger partial charge in [0.05, 0.1) is 12.1 Å². The van der Waals surface area contributed by atoms with E-state index in [0.29, 0.717) is 17.8 Å². The van der Waals surface area contributed by atoms with Crippen molar-refractivity contribution in [2.75, 3.05) is 11.9 Å². The molecule has 4 rings (SSSR count). The van der Waals surface area contributed by atoms with Gasteiger partial charge in [0.1, 0.15) is 5.82 Å². The van der Waals surface area contributed by atoms with Crippen LogP contribution in [0.25, 0.3) is 5.65 Å². The molecule has 0 amide bonds. The second-order valence-corrected chi connectivity index (χ2v) is 4.96. The highest BCUT2D eigenvalue weighted by Crippen LogP contribution is 2.39. The predicted molar refractivity (Wildman–Crippen MR) is 63.1 cm³/mol. The third-order valence-corrected chi connectivity index (χ3v) is 3.63. The maximum atomic E-state index is 5.80. The fraction of sp³-hybridized carbons (Fsp3) is 0.636. The van der Waals surface area contributed by atoms with Crippen LogP contribution in [0.5, 0.6) is 0 Å². The summed E-state index contributed by atoms with van der Waals surface area (Å²) in [6, 6.07) is 4.13. The maximum Gasteiger partial charge on any atom is 0.200 e. The van der Waals surface area contributed by atoms with E-state index in [1.54, 1.807) is 0 Å². The monoisotopic (exact) mass is 246 g/mol. The number of hydrogen-bond donors (Lipinski definition) is 1. The molecule has 3 heterocycles. The van der Waals surface area contributed by atoms with E-state index in [4.69, 9.17) is 4.74 Å². The molecule has 1 aliphatic carbocycles. The highest BCUT2D eigenvalue weighted by Gasteiger charge is 2.40. The number of ether oxygens (including phenoxy) is 1. The molecule has 0 aromatic carbocycles. The molecule has 1 saturated heterocycles. The van der Waals surface area contributed by atoms with Crippen LogP contribution in [-0.2, 0) is 4.74 Å². The van der Waals surface area contributed by atoms with E-state index in [1.165, 1.54) is 17.5 Å². The molecule has 2 atom stereocenters. The molecular weight excluding hydrogens is 232 g/mol. The lowest BCUT2D eigenvalue weighted by molar-refractivity contribution is 0.0898. The van der Waals surface area contributed by atoms with Gasteiger partial charge in [-0.2, -0.15) is 0 Å². The first-order valence-corrected chi connectivity index (χ1v) is 6.34. The van der Waals surface area contributed by atoms with Crippen LogP contribution in [0.15, 0.2) is 12.1 Å². The summed E-state index contributed by atoms with van der Waals surface area (Å²) in [6.07, 6.45) is 3.97. The predicted octanol–water partition coefficient (Wildman–Crippen LogP) is 0.499. The molecule has 0 spiro atoms. The van der Waals surface area contributed by atoms with Crippen molar-refractivity contribution in [2.45, 2.75) is 31.4 Å². The zero-order valence-electron chi connectivity index (χ0n) is 9.86. The van der Waals surface area contributed by atoms with Gasteiger partial charge < -0.3 is 10.1 Å². The average Bonchev–Trinajstić information content (AvgIpc) is 2.95. The van der Waals surface area contributed by atoms with E-state index in [0.717, 1.165) is 24.8 Å². The molecule has 94 valence electrons. The SMILES string of the molecule is c1cc2nnnn2nc1NC1CCOC1C1CC1. The van der Waals surface area contributed by atoms with E-state index < -0.39 is 0 Å². The number of fused-ring (bicyclic) bond motifs is 1. The smallest absolute Gasteiger partial charge is 0.200 e. The van der Waals surface area contributed by atoms with Crippen molar-refractivity contribution < 1.29 is 4.74 Å². The lowest BCUT2D eigenvalue weighted by Crippen LogP contribution is -2.31. The molecular formula is C11H14N6O. The number of nitrogens with zero attached hydrogens (tertiary/aromatic N) is 5. The highest BCUT2D eigenvalue weighted by atomic mass is 16.5. The number of rotatable bonds is 3. The Labute approximate surface area is 104 Å². The Bertz CT molecular complexity index is 565. The second kappa shape index (κ2) is 3.88. The Hall–Kier alpha value is -1.76. The van der Waals surface area contributed by atoms with Gasteiger partial charge in [0.2, 0.25) is 0 Å². The summed E-state index contributed by atoms with van der Waals surface area (Å²) in [4.78, 5) is 0. The van der Waals surface area contributed by atoms with Gasteiger partial charge in [-0.15, -0.1) is 14.8 Å². The normalized spacial score (nSPS) is 27.8. The Morgan fingerprint density at radius 1 is 1.28 bits per heavy atom. The van der Waals surface area contributed by atoms with Crippen molar-refractivity contribution in [3.05, 3.63) is 12.1 Å². The Morgan fingerprint density at radius 2 is 2.22 bits per heavy atom. The number of anilines is 1. The van der Waals surface area contributed by atoms with Gasteiger partial charge in [-0.1, -0.05) is 0 Å². The molecule has 7 heteroatoms. The summed E-state index contributed by atoms with van der Waals surface area (Å²) in [5, 5.41) is 19.0. The van der Waals surface area contributed by atoms with Gasteiger partial charge in [-0.3, -0.25) is 0 Å². The summed E-state index contributed by atoms with van der Waals surface area (Å²) in [6.45, 7) is 0.839. The van der Waals surface area contributed by atoms with E-state index in [-0.39, 0.29) is 0 Å². The molecule has 2 fully saturated rings. The van der Waals surface area contributed by atoms with Crippen LogP contribution in [0.3, 0.4) is 0 Å². The fourth-order valence-electron chi connectivity index (χ4n) is 2.57. The average molecular weight is 246 g/mol. The summed E-state index contributed by atoms with van der Waals surface area (Å²) in [7, 11) is 0. The van der Waals surface area contributed by atoms with Crippen molar-refractivity contribution >= 4 is 11.5 Å². The minimum Gasteiger partial charge on any atom is -0.376 e. The Kier molecular flexibility index (Phi) is 2.19. The first-order chi connectivity index (χ1) is 8.90. The Balaban J connectivity index is 1.55. The van der Waals surface area contributed by atoms with Crippen molar-refractivity contribution in [1.29, 1.82) is 0 Å². The summed E-state index contributed by atoms with van der Waals surface area (Å²) >= 11 is 0. The number of tetrazole rings is 1. The maximum absolute atomic E-state index is 5.80. The van der Waals surface area contributed by atoms with Crippen molar-refractivity contribution in [1.82, 2.24) is 25.3 Å². The largest absolute Gasteiger partial charge is 0.376 e. The molecule has 1 saturated carbocycles.